The lowest BCUT2D eigenvalue weighted by molar-refractivity contribution is 0.444. The van der Waals surface area contributed by atoms with Crippen molar-refractivity contribution >= 4 is 10.9 Å². The second kappa shape index (κ2) is 6.96. The van der Waals surface area contributed by atoms with Crippen LogP contribution in [0.3, 0.4) is 0 Å². The highest BCUT2D eigenvalue weighted by Crippen LogP contribution is 2.30. The lowest BCUT2D eigenvalue weighted by Crippen LogP contribution is -1.99. The molecule has 5 aromatic rings. The summed E-state index contributed by atoms with van der Waals surface area (Å²) in [6.07, 6.45) is 1.75. The minimum atomic E-state index is 0.498. The Kier molecular flexibility index (Phi) is 4.03. The number of hydrogen-bond acceptors (Lipinski definition) is 4. The van der Waals surface area contributed by atoms with Gasteiger partial charge in [-0.3, -0.25) is 0 Å². The van der Waals surface area contributed by atoms with Crippen LogP contribution in [0.15, 0.2) is 97.2 Å². The molecule has 0 spiro atoms. The number of pyridine rings is 2. The highest BCUT2D eigenvalue weighted by Gasteiger charge is 2.14. The van der Waals surface area contributed by atoms with Gasteiger partial charge in [-0.2, -0.15) is 0 Å². The topological polar surface area (TPSA) is 52.8 Å². The van der Waals surface area contributed by atoms with Crippen molar-refractivity contribution in [2.24, 2.45) is 0 Å². The molecule has 0 radical (unpaired) electrons. The number of rotatable bonds is 4. The minimum Gasteiger partial charge on any atom is -0.418 e. The summed E-state index contributed by atoms with van der Waals surface area (Å²) < 4.78 is 7.87. The Hall–Kier alpha value is -3.99. The number of aromatic nitrogens is 4. The van der Waals surface area contributed by atoms with Crippen molar-refractivity contribution in [3.63, 3.8) is 0 Å². The maximum absolute atomic E-state index is 6.09. The molecule has 5 nitrogen and oxygen atoms in total. The zero-order chi connectivity index (χ0) is 18.8. The molecule has 5 heteroatoms. The summed E-state index contributed by atoms with van der Waals surface area (Å²) in [4.78, 5) is 9.04. The molecule has 0 bridgehead atoms. The molecule has 0 N–H and O–H groups in total. The van der Waals surface area contributed by atoms with Crippen molar-refractivity contribution in [2.75, 3.05) is 0 Å². The molecule has 2 aromatic carbocycles. The predicted molar refractivity (Wildman–Crippen MR) is 109 cm³/mol. The lowest BCUT2D eigenvalue weighted by atomic mass is 10.1. The molecular formula is C23H16N4O. The van der Waals surface area contributed by atoms with Crippen LogP contribution < -0.4 is 4.74 Å². The summed E-state index contributed by atoms with van der Waals surface area (Å²) in [5.41, 5.74) is 2.82. The van der Waals surface area contributed by atoms with Crippen LogP contribution in [-0.2, 0) is 0 Å². The lowest BCUT2D eigenvalue weighted by Gasteiger charge is -2.05. The van der Waals surface area contributed by atoms with Gasteiger partial charge in [-0.05, 0) is 30.3 Å². The van der Waals surface area contributed by atoms with E-state index in [1.165, 1.54) is 0 Å². The molecule has 0 saturated heterocycles. The first-order valence-corrected chi connectivity index (χ1v) is 8.98. The maximum atomic E-state index is 6.09. The van der Waals surface area contributed by atoms with E-state index in [0.29, 0.717) is 11.8 Å². The van der Waals surface area contributed by atoms with E-state index in [2.05, 4.69) is 15.1 Å². The Morgan fingerprint density at radius 2 is 1.54 bits per heavy atom. The van der Waals surface area contributed by atoms with Gasteiger partial charge in [0.25, 0.3) is 0 Å². The van der Waals surface area contributed by atoms with Crippen molar-refractivity contribution in [2.45, 2.75) is 0 Å². The SMILES string of the molecule is c1ccc(-c2cccc(Oc3nn(-c4ccccn4)c4ccccc34)n2)cc1. The monoisotopic (exact) mass is 364 g/mol. The first kappa shape index (κ1) is 16.2. The molecule has 5 rings (SSSR count). The molecule has 0 aliphatic rings. The molecular weight excluding hydrogens is 348 g/mol. The number of ether oxygens (including phenoxy) is 1. The Bertz CT molecular complexity index is 1230. The third-order valence-electron chi connectivity index (χ3n) is 4.41. The Balaban J connectivity index is 1.56. The number of fused-ring (bicyclic) bond motifs is 1. The van der Waals surface area contributed by atoms with Crippen LogP contribution >= 0.6 is 0 Å². The maximum Gasteiger partial charge on any atom is 0.248 e. The average molecular weight is 364 g/mol. The van der Waals surface area contributed by atoms with Crippen molar-refractivity contribution in [1.29, 1.82) is 0 Å². The van der Waals surface area contributed by atoms with Crippen LogP contribution in [0, 0.1) is 0 Å². The molecule has 0 aliphatic carbocycles. The zero-order valence-electron chi connectivity index (χ0n) is 14.9. The van der Waals surface area contributed by atoms with E-state index in [0.717, 1.165) is 28.0 Å². The molecule has 0 aliphatic heterocycles. The minimum absolute atomic E-state index is 0.498. The van der Waals surface area contributed by atoms with Gasteiger partial charge in [0.1, 0.15) is 0 Å². The van der Waals surface area contributed by atoms with Gasteiger partial charge in [0.15, 0.2) is 5.82 Å². The van der Waals surface area contributed by atoms with Gasteiger partial charge >= 0.3 is 0 Å². The van der Waals surface area contributed by atoms with Gasteiger partial charge in [-0.1, -0.05) is 54.6 Å². The first-order valence-electron chi connectivity index (χ1n) is 8.98. The number of para-hydroxylation sites is 1. The molecule has 0 amide bonds. The highest BCUT2D eigenvalue weighted by molar-refractivity contribution is 5.86. The van der Waals surface area contributed by atoms with Crippen LogP contribution in [0.5, 0.6) is 11.8 Å². The normalized spacial score (nSPS) is 10.9. The van der Waals surface area contributed by atoms with Gasteiger partial charge < -0.3 is 4.74 Å². The Labute approximate surface area is 161 Å². The van der Waals surface area contributed by atoms with Gasteiger partial charge in [0, 0.05) is 17.8 Å². The quantitative estimate of drug-likeness (QED) is 0.436. The summed E-state index contributed by atoms with van der Waals surface area (Å²) in [6.45, 7) is 0. The van der Waals surface area contributed by atoms with Crippen molar-refractivity contribution in [1.82, 2.24) is 19.7 Å². The first-order chi connectivity index (χ1) is 13.9. The summed E-state index contributed by atoms with van der Waals surface area (Å²) in [5.74, 6) is 1.73. The van der Waals surface area contributed by atoms with E-state index in [1.54, 1.807) is 10.9 Å². The Morgan fingerprint density at radius 1 is 0.714 bits per heavy atom. The second-order valence-corrected chi connectivity index (χ2v) is 6.25. The van der Waals surface area contributed by atoms with Gasteiger partial charge in [-0.15, -0.1) is 5.10 Å². The molecule has 0 atom stereocenters. The standard InChI is InChI=1S/C23H16N4O/c1-2-9-17(10-3-1)19-12-8-15-22(25-19)28-23-18-11-4-5-13-20(18)27(26-23)21-14-6-7-16-24-21/h1-16H. The van der Waals surface area contributed by atoms with Crippen LogP contribution in [-0.4, -0.2) is 19.7 Å². The van der Waals surface area contributed by atoms with Crippen molar-refractivity contribution in [3.8, 4) is 28.8 Å². The van der Waals surface area contributed by atoms with E-state index in [4.69, 9.17) is 4.74 Å². The summed E-state index contributed by atoms with van der Waals surface area (Å²) in [6, 6.07) is 29.4. The summed E-state index contributed by atoms with van der Waals surface area (Å²) >= 11 is 0. The van der Waals surface area contributed by atoms with E-state index in [-0.39, 0.29) is 0 Å². The molecule has 0 unspecified atom stereocenters. The van der Waals surface area contributed by atoms with Gasteiger partial charge in [0.2, 0.25) is 11.8 Å². The molecule has 134 valence electrons. The molecule has 28 heavy (non-hydrogen) atoms. The van der Waals surface area contributed by atoms with Crippen LogP contribution in [0.1, 0.15) is 0 Å². The third-order valence-corrected chi connectivity index (χ3v) is 4.41. The largest absolute Gasteiger partial charge is 0.418 e. The fourth-order valence-corrected chi connectivity index (χ4v) is 3.11. The smallest absolute Gasteiger partial charge is 0.248 e. The second-order valence-electron chi connectivity index (χ2n) is 6.25. The average Bonchev–Trinajstić information content (AvgIpc) is 3.14. The fourth-order valence-electron chi connectivity index (χ4n) is 3.11. The molecule has 3 heterocycles. The number of hydrogen-bond donors (Lipinski definition) is 0. The third kappa shape index (κ3) is 2.99. The molecule has 0 fully saturated rings. The van der Waals surface area contributed by atoms with Gasteiger partial charge in [-0.25, -0.2) is 14.6 Å². The van der Waals surface area contributed by atoms with E-state index in [9.17, 15) is 0 Å². The number of nitrogens with zero attached hydrogens (tertiary/aromatic N) is 4. The van der Waals surface area contributed by atoms with Gasteiger partial charge in [0.05, 0.1) is 16.6 Å². The molecule has 0 saturated carbocycles. The summed E-state index contributed by atoms with van der Waals surface area (Å²) in [5, 5.41) is 5.55. The van der Waals surface area contributed by atoms with Crippen LogP contribution in [0.25, 0.3) is 28.0 Å². The highest BCUT2D eigenvalue weighted by atomic mass is 16.5. The molecule has 3 aromatic heterocycles. The van der Waals surface area contributed by atoms with E-state index < -0.39 is 0 Å². The fraction of sp³-hybridized carbons (Fsp3) is 0. The van der Waals surface area contributed by atoms with Crippen molar-refractivity contribution < 1.29 is 4.74 Å². The predicted octanol–water partition coefficient (Wildman–Crippen LogP) is 5.27. The Morgan fingerprint density at radius 3 is 2.39 bits per heavy atom. The number of benzene rings is 2. The van der Waals surface area contributed by atoms with Crippen LogP contribution in [0.2, 0.25) is 0 Å². The van der Waals surface area contributed by atoms with Crippen molar-refractivity contribution in [3.05, 3.63) is 97.2 Å². The van der Waals surface area contributed by atoms with Crippen LogP contribution in [0.4, 0.5) is 0 Å². The van der Waals surface area contributed by atoms with E-state index >= 15 is 0 Å². The van der Waals surface area contributed by atoms with E-state index in [1.807, 2.05) is 91.0 Å². The summed E-state index contributed by atoms with van der Waals surface area (Å²) in [7, 11) is 0. The zero-order valence-corrected chi connectivity index (χ0v) is 14.9.